The normalized spacial score (nSPS) is 13.2. The van der Waals surface area contributed by atoms with Crippen LogP contribution in [-0.4, -0.2) is 5.11 Å². The molecule has 0 spiro atoms. The van der Waals surface area contributed by atoms with Crippen LogP contribution in [-0.2, 0) is 0 Å². The molecule has 0 amide bonds. The van der Waals surface area contributed by atoms with Gasteiger partial charge in [0, 0.05) is 17.1 Å². The highest BCUT2D eigenvalue weighted by Crippen LogP contribution is 2.30. The Hall–Kier alpha value is -2.29. The smallest absolute Gasteiger partial charge is 0.0812 e. The minimum absolute atomic E-state index is 0.0176. The predicted octanol–water partition coefficient (Wildman–Crippen LogP) is 5.93. The Morgan fingerprint density at radius 1 is 0.840 bits per heavy atom. The monoisotopic (exact) mass is 351 g/mol. The minimum atomic E-state index is -0.544. The molecule has 128 valence electrons. The number of halogens is 1. The molecule has 25 heavy (non-hydrogen) atoms. The summed E-state index contributed by atoms with van der Waals surface area (Å²) in [5.41, 5.74) is 4.24. The lowest BCUT2D eigenvalue weighted by Crippen LogP contribution is -2.14. The molecule has 0 aliphatic heterocycles. The van der Waals surface area contributed by atoms with Crippen molar-refractivity contribution in [2.75, 3.05) is 5.32 Å². The van der Waals surface area contributed by atoms with E-state index in [0.29, 0.717) is 11.4 Å². The Morgan fingerprint density at radius 3 is 2.08 bits per heavy atom. The number of nitrogens with one attached hydrogen (secondary N) is 1. The van der Waals surface area contributed by atoms with Gasteiger partial charge in [0.05, 0.1) is 12.1 Å². The van der Waals surface area contributed by atoms with Gasteiger partial charge in [-0.2, -0.15) is 0 Å². The van der Waals surface area contributed by atoms with Crippen LogP contribution in [0.15, 0.2) is 78.9 Å². The molecular formula is C22H22ClNO. The second kappa shape index (κ2) is 8.19. The second-order valence-electron chi connectivity index (χ2n) is 6.28. The molecule has 3 rings (SSSR count). The van der Waals surface area contributed by atoms with Gasteiger partial charge in [0.25, 0.3) is 0 Å². The first-order valence-electron chi connectivity index (χ1n) is 8.43. The van der Waals surface area contributed by atoms with E-state index in [2.05, 4.69) is 5.32 Å². The lowest BCUT2D eigenvalue weighted by molar-refractivity contribution is 0.160. The summed E-state index contributed by atoms with van der Waals surface area (Å²) < 4.78 is 0. The van der Waals surface area contributed by atoms with E-state index in [1.54, 1.807) is 0 Å². The van der Waals surface area contributed by atoms with Crippen LogP contribution in [0, 0.1) is 6.92 Å². The molecule has 2 nitrogen and oxygen atoms in total. The summed E-state index contributed by atoms with van der Waals surface area (Å²) in [4.78, 5) is 0. The second-order valence-corrected chi connectivity index (χ2v) is 6.71. The van der Waals surface area contributed by atoms with Gasteiger partial charge in [0.15, 0.2) is 0 Å². The van der Waals surface area contributed by atoms with Crippen LogP contribution in [0.2, 0.25) is 5.02 Å². The number of benzene rings is 3. The van der Waals surface area contributed by atoms with Crippen LogP contribution in [0.5, 0.6) is 0 Å². The number of aliphatic hydroxyl groups is 1. The number of hydrogen-bond donors (Lipinski definition) is 2. The van der Waals surface area contributed by atoms with Gasteiger partial charge in [-0.1, -0.05) is 71.8 Å². The summed E-state index contributed by atoms with van der Waals surface area (Å²) in [6, 6.07) is 25.8. The summed E-state index contributed by atoms with van der Waals surface area (Å²) >= 11 is 6.02. The molecule has 0 aromatic heterocycles. The average molecular weight is 352 g/mol. The summed E-state index contributed by atoms with van der Waals surface area (Å²) in [5.74, 6) is 0. The number of anilines is 1. The van der Waals surface area contributed by atoms with Crippen LogP contribution >= 0.6 is 11.6 Å². The highest BCUT2D eigenvalue weighted by molar-refractivity contribution is 6.30. The van der Waals surface area contributed by atoms with Crippen molar-refractivity contribution in [1.29, 1.82) is 0 Å². The minimum Gasteiger partial charge on any atom is -0.388 e. The van der Waals surface area contributed by atoms with Crippen LogP contribution in [0.4, 0.5) is 5.69 Å². The van der Waals surface area contributed by atoms with Gasteiger partial charge in [-0.25, -0.2) is 0 Å². The molecule has 3 aromatic carbocycles. The highest BCUT2D eigenvalue weighted by atomic mass is 35.5. The van der Waals surface area contributed by atoms with Crippen molar-refractivity contribution in [3.8, 4) is 0 Å². The lowest BCUT2D eigenvalue weighted by atomic mass is 9.96. The van der Waals surface area contributed by atoms with Gasteiger partial charge in [0.1, 0.15) is 0 Å². The molecule has 0 fully saturated rings. The van der Waals surface area contributed by atoms with Crippen molar-refractivity contribution in [3.05, 3.63) is 101 Å². The summed E-state index contributed by atoms with van der Waals surface area (Å²) in [5, 5.41) is 14.9. The van der Waals surface area contributed by atoms with E-state index in [0.717, 1.165) is 16.8 Å². The zero-order valence-electron chi connectivity index (χ0n) is 14.2. The lowest BCUT2D eigenvalue weighted by Gasteiger charge is -2.24. The first-order chi connectivity index (χ1) is 12.1. The third kappa shape index (κ3) is 4.85. The van der Waals surface area contributed by atoms with Crippen molar-refractivity contribution < 1.29 is 5.11 Å². The molecule has 0 saturated heterocycles. The van der Waals surface area contributed by atoms with E-state index in [-0.39, 0.29) is 6.04 Å². The number of rotatable bonds is 6. The first kappa shape index (κ1) is 17.5. The number of aryl methyl sites for hydroxylation is 1. The molecule has 0 bridgehead atoms. The van der Waals surface area contributed by atoms with Crippen molar-refractivity contribution in [3.63, 3.8) is 0 Å². The summed E-state index contributed by atoms with van der Waals surface area (Å²) in [6.07, 6.45) is 0.0250. The summed E-state index contributed by atoms with van der Waals surface area (Å²) in [7, 11) is 0. The Kier molecular flexibility index (Phi) is 5.75. The van der Waals surface area contributed by atoms with E-state index >= 15 is 0 Å². The fourth-order valence-corrected chi connectivity index (χ4v) is 2.98. The van der Waals surface area contributed by atoms with Crippen LogP contribution in [0.1, 0.15) is 35.3 Å². The molecule has 0 aliphatic carbocycles. The van der Waals surface area contributed by atoms with Gasteiger partial charge in [-0.05, 0) is 42.3 Å². The average Bonchev–Trinajstić information content (AvgIpc) is 2.63. The quantitative estimate of drug-likeness (QED) is 0.577. The Morgan fingerprint density at radius 2 is 1.44 bits per heavy atom. The Labute approximate surface area is 154 Å². The van der Waals surface area contributed by atoms with Crippen molar-refractivity contribution >= 4 is 17.3 Å². The van der Waals surface area contributed by atoms with Gasteiger partial charge in [-0.3, -0.25) is 0 Å². The topological polar surface area (TPSA) is 32.3 Å². The molecule has 3 aromatic rings. The van der Waals surface area contributed by atoms with Crippen LogP contribution in [0.25, 0.3) is 0 Å². The van der Waals surface area contributed by atoms with Crippen molar-refractivity contribution in [2.45, 2.75) is 25.5 Å². The first-order valence-corrected chi connectivity index (χ1v) is 8.81. The number of aliphatic hydroxyl groups excluding tert-OH is 1. The molecule has 3 heteroatoms. The zero-order valence-corrected chi connectivity index (χ0v) is 14.9. The molecule has 0 heterocycles. The Bertz CT molecular complexity index is 785. The number of para-hydroxylation sites is 1. The molecule has 2 unspecified atom stereocenters. The van der Waals surface area contributed by atoms with E-state index in [4.69, 9.17) is 11.6 Å². The molecule has 0 aliphatic rings. The third-order valence-corrected chi connectivity index (χ3v) is 4.56. The van der Waals surface area contributed by atoms with Crippen LogP contribution < -0.4 is 5.32 Å². The maximum Gasteiger partial charge on any atom is 0.0812 e. The Balaban J connectivity index is 1.82. The molecule has 0 saturated carbocycles. The van der Waals surface area contributed by atoms with E-state index in [1.165, 1.54) is 5.56 Å². The fourth-order valence-electron chi connectivity index (χ4n) is 2.86. The third-order valence-electron chi connectivity index (χ3n) is 4.31. The standard InChI is InChI=1S/C22H22ClNO/c1-16-7-9-18(10-8-16)22(25)15-21(17-11-13-19(23)14-12-17)24-20-5-3-2-4-6-20/h2-14,21-22,24-25H,15H2,1H3. The molecular weight excluding hydrogens is 330 g/mol. The molecule has 0 radical (unpaired) electrons. The molecule has 2 atom stereocenters. The van der Waals surface area contributed by atoms with Gasteiger partial charge in [-0.15, -0.1) is 0 Å². The molecule has 2 N–H and O–H groups in total. The van der Waals surface area contributed by atoms with Gasteiger partial charge < -0.3 is 10.4 Å². The van der Waals surface area contributed by atoms with Gasteiger partial charge in [0.2, 0.25) is 0 Å². The predicted molar refractivity (Wildman–Crippen MR) is 105 cm³/mol. The highest BCUT2D eigenvalue weighted by Gasteiger charge is 2.18. The fraction of sp³-hybridized carbons (Fsp3) is 0.182. The largest absolute Gasteiger partial charge is 0.388 e. The van der Waals surface area contributed by atoms with E-state index < -0.39 is 6.10 Å². The van der Waals surface area contributed by atoms with Gasteiger partial charge >= 0.3 is 0 Å². The zero-order chi connectivity index (χ0) is 17.6. The van der Waals surface area contributed by atoms with Crippen molar-refractivity contribution in [2.24, 2.45) is 0 Å². The maximum absolute atomic E-state index is 10.7. The van der Waals surface area contributed by atoms with Crippen LogP contribution in [0.3, 0.4) is 0 Å². The SMILES string of the molecule is Cc1ccc(C(O)CC(Nc2ccccc2)c2ccc(Cl)cc2)cc1. The van der Waals surface area contributed by atoms with E-state index in [1.807, 2.05) is 85.8 Å². The van der Waals surface area contributed by atoms with Crippen molar-refractivity contribution in [1.82, 2.24) is 0 Å². The number of hydrogen-bond acceptors (Lipinski definition) is 2. The maximum atomic E-state index is 10.7. The van der Waals surface area contributed by atoms with E-state index in [9.17, 15) is 5.11 Å². The summed E-state index contributed by atoms with van der Waals surface area (Å²) in [6.45, 7) is 2.05.